The van der Waals surface area contributed by atoms with Gasteiger partial charge in [0.05, 0.1) is 5.39 Å². The molecule has 20 heavy (non-hydrogen) atoms. The van der Waals surface area contributed by atoms with Crippen molar-refractivity contribution in [1.29, 1.82) is 0 Å². The maximum Gasteiger partial charge on any atom is 0.271 e. The Morgan fingerprint density at radius 3 is 2.90 bits per heavy atom. The first kappa shape index (κ1) is 12.5. The highest BCUT2D eigenvalue weighted by Crippen LogP contribution is 2.25. The normalized spacial score (nSPS) is 10.7. The number of hydrogen-bond donors (Lipinski definition) is 2. The average Bonchev–Trinajstić information content (AvgIpc) is 3.13. The second-order valence-corrected chi connectivity index (χ2v) is 4.88. The van der Waals surface area contributed by atoms with Gasteiger partial charge in [0.15, 0.2) is 11.5 Å². The molecule has 0 spiro atoms. The van der Waals surface area contributed by atoms with Crippen molar-refractivity contribution in [2.45, 2.75) is 0 Å². The van der Waals surface area contributed by atoms with Crippen molar-refractivity contribution < 1.29 is 4.79 Å². The van der Waals surface area contributed by atoms with Crippen molar-refractivity contribution in [3.05, 3.63) is 29.4 Å². The molecule has 3 rings (SSSR count). The van der Waals surface area contributed by atoms with Crippen LogP contribution in [0.1, 0.15) is 10.5 Å². The molecule has 3 aromatic heterocycles. The predicted octanol–water partition coefficient (Wildman–Crippen LogP) is 1.28. The van der Waals surface area contributed by atoms with Crippen LogP contribution in [0.15, 0.2) is 23.7 Å². The van der Waals surface area contributed by atoms with E-state index in [2.05, 4.69) is 25.7 Å². The summed E-state index contributed by atoms with van der Waals surface area (Å²) in [5.74, 6) is 0.941. The summed E-state index contributed by atoms with van der Waals surface area (Å²) in [4.78, 5) is 21.2. The Bertz CT molecular complexity index is 777. The number of nitrogens with one attached hydrogen (secondary N) is 2. The first-order chi connectivity index (χ1) is 9.72. The third kappa shape index (κ3) is 1.99. The zero-order valence-corrected chi connectivity index (χ0v) is 11.7. The van der Waals surface area contributed by atoms with Crippen LogP contribution < -0.4 is 10.6 Å². The Labute approximate surface area is 118 Å². The van der Waals surface area contributed by atoms with Gasteiger partial charge >= 0.3 is 0 Å². The van der Waals surface area contributed by atoms with Crippen LogP contribution in [-0.4, -0.2) is 39.8 Å². The highest BCUT2D eigenvalue weighted by molar-refractivity contribution is 7.16. The van der Waals surface area contributed by atoms with Gasteiger partial charge in [-0.05, 0) is 17.5 Å². The standard InChI is InChI=1S/C12H12N6OS/c1-13-10(19)8-3-5-18(17-8)9-7-4-6-20-11(7)16-12(14-2)15-9/h3-6H,1-2H3,(H,13,19)(H,14,15,16). The van der Waals surface area contributed by atoms with Gasteiger partial charge in [-0.1, -0.05) is 0 Å². The molecule has 8 heteroatoms. The fourth-order valence-electron chi connectivity index (χ4n) is 1.82. The van der Waals surface area contributed by atoms with Crippen LogP contribution in [0.3, 0.4) is 0 Å². The largest absolute Gasteiger partial charge is 0.357 e. The van der Waals surface area contributed by atoms with E-state index in [9.17, 15) is 4.79 Å². The summed E-state index contributed by atoms with van der Waals surface area (Å²) >= 11 is 1.53. The molecule has 0 aliphatic carbocycles. The minimum absolute atomic E-state index is 0.229. The maximum absolute atomic E-state index is 11.6. The van der Waals surface area contributed by atoms with E-state index >= 15 is 0 Å². The average molecular weight is 288 g/mol. The van der Waals surface area contributed by atoms with Crippen LogP contribution in [0.2, 0.25) is 0 Å². The number of amides is 1. The van der Waals surface area contributed by atoms with E-state index in [-0.39, 0.29) is 5.91 Å². The summed E-state index contributed by atoms with van der Waals surface area (Å²) in [6.07, 6.45) is 1.71. The van der Waals surface area contributed by atoms with E-state index in [4.69, 9.17) is 0 Å². The summed E-state index contributed by atoms with van der Waals surface area (Å²) in [5, 5.41) is 12.6. The highest BCUT2D eigenvalue weighted by atomic mass is 32.1. The van der Waals surface area contributed by atoms with Crippen molar-refractivity contribution >= 4 is 33.4 Å². The topological polar surface area (TPSA) is 84.7 Å². The number of fused-ring (bicyclic) bond motifs is 1. The van der Waals surface area contributed by atoms with Crippen molar-refractivity contribution in [2.75, 3.05) is 19.4 Å². The fourth-order valence-corrected chi connectivity index (χ4v) is 2.58. The minimum Gasteiger partial charge on any atom is -0.357 e. The lowest BCUT2D eigenvalue weighted by molar-refractivity contribution is 0.0957. The first-order valence-corrected chi connectivity index (χ1v) is 6.82. The molecular weight excluding hydrogens is 276 g/mol. The lowest BCUT2D eigenvalue weighted by Gasteiger charge is -2.05. The number of anilines is 1. The zero-order valence-electron chi connectivity index (χ0n) is 10.9. The summed E-state index contributed by atoms with van der Waals surface area (Å²) in [6, 6.07) is 3.59. The van der Waals surface area contributed by atoms with Crippen molar-refractivity contribution in [1.82, 2.24) is 25.1 Å². The number of aromatic nitrogens is 4. The number of carbonyl (C=O) groups excluding carboxylic acids is 1. The van der Waals surface area contributed by atoms with Gasteiger partial charge in [-0.15, -0.1) is 11.3 Å². The summed E-state index contributed by atoms with van der Waals surface area (Å²) in [7, 11) is 3.33. The Kier molecular flexibility index (Phi) is 3.07. The quantitative estimate of drug-likeness (QED) is 0.758. The molecule has 0 bridgehead atoms. The molecule has 0 saturated carbocycles. The molecule has 0 aromatic carbocycles. The lowest BCUT2D eigenvalue weighted by atomic mass is 10.4. The molecule has 102 valence electrons. The van der Waals surface area contributed by atoms with E-state index in [0.717, 1.165) is 10.2 Å². The molecule has 3 aromatic rings. The number of thiophene rings is 1. The molecule has 3 heterocycles. The van der Waals surface area contributed by atoms with Gasteiger partial charge < -0.3 is 10.6 Å². The van der Waals surface area contributed by atoms with Gasteiger partial charge in [-0.25, -0.2) is 9.67 Å². The molecule has 0 fully saturated rings. The Morgan fingerprint density at radius 2 is 2.15 bits per heavy atom. The fraction of sp³-hybridized carbons (Fsp3) is 0.167. The molecular formula is C12H12N6OS. The molecule has 0 radical (unpaired) electrons. The van der Waals surface area contributed by atoms with Gasteiger partial charge in [-0.3, -0.25) is 4.79 Å². The summed E-state index contributed by atoms with van der Waals surface area (Å²) < 4.78 is 1.59. The number of carbonyl (C=O) groups is 1. The molecule has 7 nitrogen and oxygen atoms in total. The third-order valence-electron chi connectivity index (χ3n) is 2.79. The van der Waals surface area contributed by atoms with Crippen LogP contribution in [-0.2, 0) is 0 Å². The smallest absolute Gasteiger partial charge is 0.271 e. The SMILES string of the molecule is CNC(=O)c1ccn(-c2nc(NC)nc3sccc23)n1. The number of rotatable bonds is 3. The number of nitrogens with zero attached hydrogens (tertiary/aromatic N) is 4. The van der Waals surface area contributed by atoms with Crippen LogP contribution >= 0.6 is 11.3 Å². The Balaban J connectivity index is 2.15. The summed E-state index contributed by atoms with van der Waals surface area (Å²) in [5.41, 5.74) is 0.348. The second kappa shape index (κ2) is 4.89. The molecule has 0 atom stereocenters. The molecule has 0 saturated heterocycles. The maximum atomic E-state index is 11.6. The lowest BCUT2D eigenvalue weighted by Crippen LogP contribution is -2.18. The van der Waals surface area contributed by atoms with Crippen LogP contribution in [0, 0.1) is 0 Å². The molecule has 1 amide bonds. The van der Waals surface area contributed by atoms with Crippen LogP contribution in [0.5, 0.6) is 0 Å². The summed E-state index contributed by atoms with van der Waals surface area (Å²) in [6.45, 7) is 0. The van der Waals surface area contributed by atoms with E-state index < -0.39 is 0 Å². The van der Waals surface area contributed by atoms with Crippen molar-refractivity contribution in [3.63, 3.8) is 0 Å². The van der Waals surface area contributed by atoms with Crippen LogP contribution in [0.25, 0.3) is 16.0 Å². The number of hydrogen-bond acceptors (Lipinski definition) is 6. The van der Waals surface area contributed by atoms with Crippen molar-refractivity contribution in [2.24, 2.45) is 0 Å². The minimum atomic E-state index is -0.229. The van der Waals surface area contributed by atoms with E-state index in [1.165, 1.54) is 11.3 Å². The highest BCUT2D eigenvalue weighted by Gasteiger charge is 2.13. The molecule has 0 aliphatic heterocycles. The monoisotopic (exact) mass is 288 g/mol. The van der Waals surface area contributed by atoms with Gasteiger partial charge in [0, 0.05) is 20.3 Å². The first-order valence-electron chi connectivity index (χ1n) is 5.94. The predicted molar refractivity (Wildman–Crippen MR) is 77.5 cm³/mol. The molecule has 0 aliphatic rings. The van der Waals surface area contributed by atoms with Gasteiger partial charge in [0.1, 0.15) is 4.83 Å². The van der Waals surface area contributed by atoms with Gasteiger partial charge in [0.2, 0.25) is 5.95 Å². The van der Waals surface area contributed by atoms with E-state index in [1.807, 2.05) is 11.4 Å². The second-order valence-electron chi connectivity index (χ2n) is 3.98. The van der Waals surface area contributed by atoms with E-state index in [1.54, 1.807) is 31.0 Å². The van der Waals surface area contributed by atoms with Crippen LogP contribution in [0.4, 0.5) is 5.95 Å². The van der Waals surface area contributed by atoms with Crippen molar-refractivity contribution in [3.8, 4) is 5.82 Å². The van der Waals surface area contributed by atoms with E-state index in [0.29, 0.717) is 17.5 Å². The Hall–Kier alpha value is -2.48. The molecule has 2 N–H and O–H groups in total. The Morgan fingerprint density at radius 1 is 1.30 bits per heavy atom. The third-order valence-corrected chi connectivity index (χ3v) is 3.60. The zero-order chi connectivity index (χ0) is 14.1. The van der Waals surface area contributed by atoms with Gasteiger partial charge in [0.25, 0.3) is 5.91 Å². The molecule has 0 unspecified atom stereocenters. The van der Waals surface area contributed by atoms with Gasteiger partial charge in [-0.2, -0.15) is 10.1 Å².